The summed E-state index contributed by atoms with van der Waals surface area (Å²) < 4.78 is 11.6. The molecule has 10 nitrogen and oxygen atoms in total. The van der Waals surface area contributed by atoms with Crippen molar-refractivity contribution in [1.82, 2.24) is 20.6 Å². The molecule has 2 unspecified atom stereocenters. The van der Waals surface area contributed by atoms with Crippen LogP contribution in [-0.2, 0) is 0 Å². The number of halogens is 6. The van der Waals surface area contributed by atoms with Gasteiger partial charge in [-0.3, -0.25) is 9.59 Å². The number of pyridine rings is 2. The minimum atomic E-state index is -1.23. The summed E-state index contributed by atoms with van der Waals surface area (Å²) in [6.45, 7) is 3.29. The molecular formula is C35H24Cl6N4O6. The Balaban J connectivity index is 1.38. The highest BCUT2D eigenvalue weighted by atomic mass is 35.5. The second-order valence-electron chi connectivity index (χ2n) is 10.9. The normalized spacial score (nSPS) is 12.1. The van der Waals surface area contributed by atoms with E-state index in [2.05, 4.69) is 20.6 Å². The van der Waals surface area contributed by atoms with Crippen molar-refractivity contribution in [2.75, 3.05) is 0 Å². The number of nitrogens with zero attached hydrogens (tertiary/aromatic N) is 2. The molecule has 0 aliphatic carbocycles. The number of rotatable bonds is 11. The van der Waals surface area contributed by atoms with Crippen LogP contribution in [0.2, 0.25) is 30.1 Å². The van der Waals surface area contributed by atoms with Crippen LogP contribution >= 0.6 is 69.6 Å². The van der Waals surface area contributed by atoms with Crippen molar-refractivity contribution in [2.45, 2.75) is 25.9 Å². The Morgan fingerprint density at radius 2 is 1.08 bits per heavy atom. The Morgan fingerprint density at radius 3 is 1.55 bits per heavy atom. The fourth-order valence-corrected chi connectivity index (χ4v) is 5.73. The van der Waals surface area contributed by atoms with Crippen molar-refractivity contribution < 1.29 is 29.0 Å². The number of amides is 2. The fraction of sp³-hybridized carbons (Fsp3) is 0.114. The van der Waals surface area contributed by atoms with Gasteiger partial charge in [-0.05, 0) is 67.4 Å². The molecule has 0 saturated heterocycles. The van der Waals surface area contributed by atoms with Crippen molar-refractivity contribution in [3.8, 4) is 23.3 Å². The van der Waals surface area contributed by atoms with E-state index in [4.69, 9.17) is 79.1 Å². The minimum Gasteiger partial charge on any atom is -0.478 e. The van der Waals surface area contributed by atoms with Crippen LogP contribution in [-0.4, -0.2) is 32.9 Å². The minimum absolute atomic E-state index is 0.000573. The third-order valence-electron chi connectivity index (χ3n) is 7.29. The van der Waals surface area contributed by atoms with E-state index in [0.717, 1.165) is 0 Å². The van der Waals surface area contributed by atoms with Crippen molar-refractivity contribution in [1.29, 1.82) is 0 Å². The van der Waals surface area contributed by atoms with E-state index < -0.39 is 29.9 Å². The van der Waals surface area contributed by atoms with Gasteiger partial charge in [-0.1, -0.05) is 81.7 Å². The molecule has 0 aliphatic heterocycles. The lowest BCUT2D eigenvalue weighted by molar-refractivity contribution is 0.0692. The third kappa shape index (κ3) is 9.34. The van der Waals surface area contributed by atoms with Gasteiger partial charge in [-0.15, -0.1) is 0 Å². The maximum Gasteiger partial charge on any atom is 0.336 e. The van der Waals surface area contributed by atoms with Crippen LogP contribution in [0, 0.1) is 0 Å². The van der Waals surface area contributed by atoms with E-state index >= 15 is 0 Å². The van der Waals surface area contributed by atoms with E-state index in [0.29, 0.717) is 15.6 Å². The molecule has 0 radical (unpaired) electrons. The molecule has 2 amide bonds. The summed E-state index contributed by atoms with van der Waals surface area (Å²) >= 11 is 37.0. The van der Waals surface area contributed by atoms with E-state index in [1.54, 1.807) is 38.1 Å². The number of carboxylic acid groups (broad SMARTS) is 1. The maximum atomic E-state index is 13.6. The van der Waals surface area contributed by atoms with Gasteiger partial charge in [0, 0.05) is 34.6 Å². The Labute approximate surface area is 321 Å². The van der Waals surface area contributed by atoms with Crippen molar-refractivity contribution >= 4 is 87.4 Å². The van der Waals surface area contributed by atoms with Crippen LogP contribution in [0.4, 0.5) is 0 Å². The van der Waals surface area contributed by atoms with Gasteiger partial charge in [0.05, 0.1) is 37.7 Å². The topological polar surface area (TPSA) is 140 Å². The predicted octanol–water partition coefficient (Wildman–Crippen LogP) is 10.7. The fourth-order valence-electron chi connectivity index (χ4n) is 4.77. The highest BCUT2D eigenvalue weighted by Gasteiger charge is 2.25. The lowest BCUT2D eigenvalue weighted by Gasteiger charge is -2.21. The van der Waals surface area contributed by atoms with Crippen LogP contribution in [0.1, 0.15) is 68.1 Å². The molecule has 2 heterocycles. The molecule has 51 heavy (non-hydrogen) atoms. The number of hydrogen-bond acceptors (Lipinski definition) is 7. The number of ether oxygens (including phenoxy) is 2. The summed E-state index contributed by atoms with van der Waals surface area (Å²) in [5, 5.41) is 17.1. The van der Waals surface area contributed by atoms with Gasteiger partial charge in [0.2, 0.25) is 11.8 Å². The molecule has 262 valence electrons. The lowest BCUT2D eigenvalue weighted by Crippen LogP contribution is -2.29. The lowest BCUT2D eigenvalue weighted by atomic mass is 9.95. The van der Waals surface area contributed by atoms with Crippen LogP contribution < -0.4 is 20.1 Å². The van der Waals surface area contributed by atoms with Crippen molar-refractivity contribution in [3.63, 3.8) is 0 Å². The summed E-state index contributed by atoms with van der Waals surface area (Å²) in [4.78, 5) is 47.6. The van der Waals surface area contributed by atoms with Crippen LogP contribution in [0.15, 0.2) is 79.1 Å². The largest absolute Gasteiger partial charge is 0.478 e. The maximum absolute atomic E-state index is 13.6. The highest BCUT2D eigenvalue weighted by molar-refractivity contribution is 6.35. The Bertz CT molecular complexity index is 2170. The van der Waals surface area contributed by atoms with Gasteiger partial charge in [-0.2, -0.15) is 0 Å². The van der Waals surface area contributed by atoms with E-state index in [1.165, 1.54) is 54.9 Å². The molecule has 0 bridgehead atoms. The Hall–Kier alpha value is -4.29. The number of hydrogen-bond donors (Lipinski definition) is 3. The predicted molar refractivity (Wildman–Crippen MR) is 197 cm³/mol. The number of carbonyl (C=O) groups excluding carboxylic acids is 2. The van der Waals surface area contributed by atoms with Crippen LogP contribution in [0.3, 0.4) is 0 Å². The molecular weight excluding hydrogens is 785 g/mol. The highest BCUT2D eigenvalue weighted by Crippen LogP contribution is 2.35. The van der Waals surface area contributed by atoms with Crippen molar-refractivity contribution in [3.05, 3.63) is 137 Å². The van der Waals surface area contributed by atoms with E-state index in [1.807, 2.05) is 0 Å². The molecule has 2 aromatic heterocycles. The smallest absolute Gasteiger partial charge is 0.336 e. The molecule has 0 fully saturated rings. The molecule has 5 rings (SSSR count). The molecule has 0 aliphatic rings. The standard InChI is InChI=1S/C35H24Cl6N4O6/c1-16(44-31(46)25-10-21(38)14-42-33(25)50-29-12-19(36)4-7-27(29)40)18-3-6-23(35(48)49)24(9-18)17(2)45-32(47)26-11-22(39)15-43-34(26)51-30-13-20(37)5-8-28(30)41/h3-17H,1-2H3,(H,44,46)(H,45,47)(H,48,49). The first-order valence-corrected chi connectivity index (χ1v) is 17.0. The second-order valence-corrected chi connectivity index (χ2v) is 13.5. The molecule has 0 saturated carbocycles. The monoisotopic (exact) mass is 806 g/mol. The first-order chi connectivity index (χ1) is 24.2. The zero-order chi connectivity index (χ0) is 37.0. The average Bonchev–Trinajstić information content (AvgIpc) is 3.09. The summed E-state index contributed by atoms with van der Waals surface area (Å²) in [6, 6.07) is 14.8. The van der Waals surface area contributed by atoms with Crippen LogP contribution in [0.25, 0.3) is 0 Å². The number of carboxylic acids is 1. The Kier molecular flexibility index (Phi) is 12.2. The van der Waals surface area contributed by atoms with Crippen molar-refractivity contribution in [2.24, 2.45) is 0 Å². The zero-order valence-corrected chi connectivity index (χ0v) is 30.8. The summed E-state index contributed by atoms with van der Waals surface area (Å²) in [5.74, 6) is -2.38. The molecule has 16 heteroatoms. The van der Waals surface area contributed by atoms with Gasteiger partial charge < -0.3 is 25.2 Å². The number of carbonyl (C=O) groups is 3. The number of nitrogens with one attached hydrogen (secondary N) is 2. The average molecular weight is 809 g/mol. The summed E-state index contributed by atoms with van der Waals surface area (Å²) in [7, 11) is 0. The summed E-state index contributed by atoms with van der Waals surface area (Å²) in [6.07, 6.45) is 2.60. The summed E-state index contributed by atoms with van der Waals surface area (Å²) in [5.41, 5.74) is 0.633. The molecule has 5 aromatic rings. The Morgan fingerprint density at radius 1 is 0.608 bits per heavy atom. The number of aromatic carboxylic acids is 1. The first kappa shape index (κ1) is 38.0. The van der Waals surface area contributed by atoms with Gasteiger partial charge in [0.1, 0.15) is 22.6 Å². The van der Waals surface area contributed by atoms with Gasteiger partial charge in [0.25, 0.3) is 11.8 Å². The molecule has 3 N–H and O–H groups in total. The number of aromatic nitrogens is 2. The number of benzene rings is 3. The van der Waals surface area contributed by atoms with Gasteiger partial charge >= 0.3 is 5.97 Å². The van der Waals surface area contributed by atoms with Gasteiger partial charge in [-0.25, -0.2) is 14.8 Å². The zero-order valence-electron chi connectivity index (χ0n) is 26.3. The SMILES string of the molecule is CC(NC(=O)c1cc(Cl)cnc1Oc1cc(Cl)ccc1Cl)c1ccc(C(=O)O)c(C(C)NC(=O)c2cc(Cl)cnc2Oc2cc(Cl)ccc2Cl)c1. The van der Waals surface area contributed by atoms with Gasteiger partial charge in [0.15, 0.2) is 0 Å². The molecule has 3 aromatic carbocycles. The quantitative estimate of drug-likeness (QED) is 0.120. The van der Waals surface area contributed by atoms with E-state index in [9.17, 15) is 19.5 Å². The molecule has 0 spiro atoms. The van der Waals surface area contributed by atoms with E-state index in [-0.39, 0.29) is 65.6 Å². The van der Waals surface area contributed by atoms with Crippen LogP contribution in [0.5, 0.6) is 23.3 Å². The first-order valence-electron chi connectivity index (χ1n) is 14.8. The third-order valence-corrected chi connectivity index (χ3v) is 8.80. The second kappa shape index (κ2) is 16.4. The molecule has 2 atom stereocenters.